The summed E-state index contributed by atoms with van der Waals surface area (Å²) < 4.78 is 54.6. The van der Waals surface area contributed by atoms with Gasteiger partial charge in [-0.3, -0.25) is 53.1 Å². The van der Waals surface area contributed by atoms with E-state index in [2.05, 4.69) is 52.8 Å². The zero-order valence-corrected chi connectivity index (χ0v) is 68.1. The van der Waals surface area contributed by atoms with Gasteiger partial charge in [0.1, 0.15) is 107 Å². The molecule has 23 N–H and O–H groups in total. The minimum Gasteiger partial charge on any atom is -0.508 e. The number of nitrogens with one attached hydrogen (secondary N) is 10. The number of aliphatic hydroxyl groups is 6. The Hall–Kier alpha value is -11.5. The van der Waals surface area contributed by atoms with Gasteiger partial charge in [0.05, 0.1) is 52.8 Å². The number of fused-ring (bicyclic) bond motifs is 15. The van der Waals surface area contributed by atoms with Crippen LogP contribution >= 0.6 is 34.8 Å². The summed E-state index contributed by atoms with van der Waals surface area (Å²) in [6, 6.07) is 4.57. The highest BCUT2D eigenvalue weighted by Gasteiger charge is 2.52. The molecule has 18 atom stereocenters. The smallest absolute Gasteiger partial charge is 0.349 e. The fourth-order valence-corrected chi connectivity index (χ4v) is 15.5. The molecule has 43 heteroatoms. The molecule has 1 unspecified atom stereocenters. The van der Waals surface area contributed by atoms with Crippen LogP contribution in [-0.4, -0.2) is 208 Å². The highest BCUT2D eigenvalue weighted by molar-refractivity contribution is 6.32. The van der Waals surface area contributed by atoms with E-state index in [1.54, 1.807) is 6.92 Å². The first-order valence-corrected chi connectivity index (χ1v) is 39.5. The van der Waals surface area contributed by atoms with Crippen LogP contribution in [0.25, 0.3) is 11.1 Å². The third kappa shape index (κ3) is 20.3. The van der Waals surface area contributed by atoms with Crippen molar-refractivity contribution in [3.8, 4) is 57.1 Å². The maximum Gasteiger partial charge on any atom is 0.349 e. The third-order valence-electron chi connectivity index (χ3n) is 21.3. The quantitative estimate of drug-likeness (QED) is 0.0286. The summed E-state index contributed by atoms with van der Waals surface area (Å²) >= 11 is 20.1. The Balaban J connectivity index is 0.995. The Bertz CT molecular complexity index is 5330. The van der Waals surface area contributed by atoms with E-state index in [0.717, 1.165) is 72.8 Å². The Labute approximate surface area is 713 Å². The number of benzene rings is 6. The van der Waals surface area contributed by atoms with Crippen molar-refractivity contribution in [3.05, 3.63) is 174 Å². The highest BCUT2D eigenvalue weighted by Crippen LogP contribution is 2.50. The lowest BCUT2D eigenvalue weighted by atomic mass is 9.85. The van der Waals surface area contributed by atoms with Crippen LogP contribution in [0.2, 0.25) is 15.1 Å². The van der Waals surface area contributed by atoms with Crippen molar-refractivity contribution in [1.82, 2.24) is 57.5 Å². The lowest BCUT2D eigenvalue weighted by Gasteiger charge is -2.48. The number of carbonyl (C=O) groups is 9. The van der Waals surface area contributed by atoms with Crippen molar-refractivity contribution >= 4 is 93.8 Å². The number of aromatic hydroxyl groups is 3. The van der Waals surface area contributed by atoms with Crippen molar-refractivity contribution in [2.45, 2.75) is 169 Å². The standard InChI is InChI=1S/C80H88Cl3FN14O25/c1-31(2)18-45(87-5)71(110)95-62-64(105)35-8-12-49(42(82)22-35)119-51-24-37-25-52(68(51)123-78-69(67(108)66(107)53(30-99)121-78)122-57-29-80(4,70(109)32(3)118-57)88-15-17-98-16-14-55(91-79(98)117)90-56(104)20-33-6-10-41(81)44(84)19-33)120-50-13-9-36(23-43(50)83)65(106)63-76(115)94-61(77(116)97-86)40-26-38(100)27-48(102)58(40)39-21-34(7-11-47(39)101)59(73(112)96-63)93-74(113)60(37)92-72(111)46(28-54(85)103)89-75(62)114/h6-14,16,19,21-27,31-32,45-46,53,57,59-67,69-70,78,87-88,99-102,105-109H,15,17-18,20,28-30,86H2,1-5H3,(H2,85,103)(H,89,114)(H,92,111)(H,93,113)(H,94,115)(H,95,110)(H,96,112)(H,97,116)(H,90,91,104,117)/t32-,45+,46-,53+,57-,59+,60+,61+,62+,63-,64+,65+,66+,67-,69+,70+,78?,80+/m0/s1. The van der Waals surface area contributed by atoms with Crippen LogP contribution in [0.15, 0.2) is 114 Å². The molecule has 0 aliphatic carbocycles. The monoisotopic (exact) mass is 1770 g/mol. The van der Waals surface area contributed by atoms with Crippen molar-refractivity contribution in [3.63, 3.8) is 0 Å². The lowest BCUT2D eigenvalue weighted by molar-refractivity contribution is -0.334. The molecule has 14 rings (SSSR count). The fraction of sp³-hybridized carbons (Fsp3) is 0.388. The topological polar surface area (TPSA) is 598 Å². The molecule has 1 aromatic heterocycles. The third-order valence-corrected chi connectivity index (χ3v) is 22.2. The molecule has 7 aliphatic rings. The molecule has 0 radical (unpaired) electrons. The molecule has 8 heterocycles. The van der Waals surface area contributed by atoms with Gasteiger partial charge in [-0.05, 0) is 139 Å². The number of aliphatic hydroxyl groups excluding tert-OH is 6. The van der Waals surface area contributed by atoms with Crippen LogP contribution in [0.5, 0.6) is 46.0 Å². The zero-order chi connectivity index (χ0) is 89.1. The van der Waals surface area contributed by atoms with Crippen LogP contribution in [-0.2, 0) is 70.3 Å². The normalized spacial score (nSPS) is 26.2. The molecule has 0 saturated carbocycles. The molecule has 7 aliphatic heterocycles. The van der Waals surface area contributed by atoms with Gasteiger partial charge in [0.25, 0.3) is 5.91 Å². The summed E-state index contributed by atoms with van der Waals surface area (Å²) in [5.41, 5.74) is 3.00. The number of hydrazine groups is 1. The van der Waals surface area contributed by atoms with E-state index in [-0.39, 0.29) is 71.6 Å². The SMILES string of the molecule is CN[C@H](CC(C)C)C(=O)N[C@H]1C(=O)N[C@@H](CC(N)=O)C(=O)N[C@H]2C(=O)N[C@H]3C(=O)N[C@H](C(=O)N[C@@H](C(=O)NN)c4cc(O)cc(O)c4-c4cc3ccc4O)[C@H](O)c3ccc(c(Cl)c3)Oc3cc2cc(c3OC2O[C@H](CO)[C@@H](O)[C@H](O)[C@H]2O[C@H]2C[C@@](C)(NCCn3ccc(NC(=O)Cc4ccc(Cl)c(F)c4)nc3=O)[C@H](O)[C@H](C)O2)Oc2ccc(cc2Cl)[C@H]1O. The summed E-state index contributed by atoms with van der Waals surface area (Å²) in [7, 11) is 1.46. The molecule has 39 nitrogen and oxygen atoms in total. The van der Waals surface area contributed by atoms with Crippen molar-refractivity contribution in [1.29, 1.82) is 0 Å². The number of carbonyl (C=O) groups excluding carboxylic acids is 9. The predicted octanol–water partition coefficient (Wildman–Crippen LogP) is 0.873. The van der Waals surface area contributed by atoms with Gasteiger partial charge in [0, 0.05) is 48.4 Å². The predicted molar refractivity (Wildman–Crippen MR) is 430 cm³/mol. The van der Waals surface area contributed by atoms with E-state index in [0.29, 0.717) is 5.56 Å². The zero-order valence-electron chi connectivity index (χ0n) is 65.9. The van der Waals surface area contributed by atoms with E-state index in [1.165, 1.54) is 55.1 Å². The van der Waals surface area contributed by atoms with Gasteiger partial charge in [0.15, 0.2) is 23.9 Å². The van der Waals surface area contributed by atoms with Crippen LogP contribution in [0, 0.1) is 11.7 Å². The Morgan fingerprint density at radius 1 is 0.724 bits per heavy atom. The number of primary amides is 1. The molecule has 656 valence electrons. The highest BCUT2D eigenvalue weighted by atomic mass is 35.5. The van der Waals surface area contributed by atoms with Gasteiger partial charge < -0.3 is 128 Å². The Kier molecular flexibility index (Phi) is 28.1. The number of hydrogen-bond acceptors (Lipinski definition) is 29. The molecular formula is C80H88Cl3FN14O25. The molecule has 123 heavy (non-hydrogen) atoms. The van der Waals surface area contributed by atoms with Crippen molar-refractivity contribution in [2.75, 3.05) is 25.5 Å². The number of anilines is 1. The first-order valence-electron chi connectivity index (χ1n) is 38.3. The Morgan fingerprint density at radius 2 is 1.37 bits per heavy atom. The minimum atomic E-state index is -2.40. The second-order valence-corrected chi connectivity index (χ2v) is 31.7. The minimum absolute atomic E-state index is 0.0627. The first kappa shape index (κ1) is 90.8. The lowest BCUT2D eigenvalue weighted by Crippen LogP contribution is -2.65. The first-order chi connectivity index (χ1) is 58.3. The summed E-state index contributed by atoms with van der Waals surface area (Å²) in [5, 5.41) is 128. The maximum atomic E-state index is 16.3. The number of amides is 9. The Morgan fingerprint density at radius 3 is 2.00 bits per heavy atom. The second-order valence-electron chi connectivity index (χ2n) is 30.5. The second kappa shape index (κ2) is 38.1. The molecule has 2 fully saturated rings. The number of phenols is 3. The number of hydrogen-bond donors (Lipinski definition) is 21. The maximum absolute atomic E-state index is 16.3. The summed E-state index contributed by atoms with van der Waals surface area (Å²) in [5.74, 6) is -11.4. The molecule has 7 aromatic rings. The van der Waals surface area contributed by atoms with Crippen LogP contribution in [0.4, 0.5) is 10.2 Å². The van der Waals surface area contributed by atoms with Gasteiger partial charge in [0.2, 0.25) is 59.3 Å². The average molecular weight is 1770 g/mol. The van der Waals surface area contributed by atoms with Gasteiger partial charge >= 0.3 is 5.69 Å². The van der Waals surface area contributed by atoms with E-state index in [1.807, 2.05) is 19.3 Å². The largest absolute Gasteiger partial charge is 0.508 e. The number of likely N-dealkylation sites (N-methyl/N-ethyl adjacent to an activating group) is 1. The van der Waals surface area contributed by atoms with Crippen molar-refractivity contribution < 1.29 is 122 Å². The number of ether oxygens (including phenoxy) is 6. The van der Waals surface area contributed by atoms with E-state index in [4.69, 9.17) is 74.8 Å². The number of rotatable bonds is 20. The molecular weight excluding hydrogens is 1680 g/mol. The average Bonchev–Trinajstić information content (AvgIpc) is 0.757. The molecule has 11 bridgehead atoms. The van der Waals surface area contributed by atoms with E-state index < -0.39 is 259 Å². The molecule has 6 aromatic carbocycles. The van der Waals surface area contributed by atoms with Gasteiger partial charge in [-0.25, -0.2) is 15.0 Å². The van der Waals surface area contributed by atoms with Crippen molar-refractivity contribution in [2.24, 2.45) is 17.5 Å². The molecule has 9 amide bonds. The van der Waals surface area contributed by atoms with Crippen LogP contribution in [0.3, 0.4) is 0 Å². The van der Waals surface area contributed by atoms with Crippen LogP contribution in [0.1, 0.15) is 111 Å². The number of halogens is 4. The molecule has 0 spiro atoms. The summed E-state index contributed by atoms with van der Waals surface area (Å²) in [6.45, 7) is 5.49. The van der Waals surface area contributed by atoms with E-state index in [9.17, 15) is 79.1 Å². The van der Waals surface area contributed by atoms with Crippen LogP contribution < -0.4 is 84.8 Å². The number of phenolic OH excluding ortho intramolecular Hbond substituents is 3. The number of nitrogens with two attached hydrogens (primary N) is 2. The summed E-state index contributed by atoms with van der Waals surface area (Å²) in [4.78, 5) is 149. The number of nitrogens with zero attached hydrogens (tertiary/aromatic N) is 2. The van der Waals surface area contributed by atoms with Gasteiger partial charge in [-0.15, -0.1) is 0 Å². The molecule has 2 saturated heterocycles. The summed E-state index contributed by atoms with van der Waals surface area (Å²) in [6.07, 6.45) is -18.6. The fourth-order valence-electron chi connectivity index (χ4n) is 14.9. The van der Waals surface area contributed by atoms with E-state index >= 15 is 19.2 Å². The van der Waals surface area contributed by atoms with Gasteiger partial charge in [-0.1, -0.05) is 72.9 Å². The number of aromatic nitrogens is 2. The van der Waals surface area contributed by atoms with Gasteiger partial charge in [-0.2, -0.15) is 4.98 Å².